The summed E-state index contributed by atoms with van der Waals surface area (Å²) in [7, 11) is -3.66. The fraction of sp³-hybridized carbons (Fsp3) is 0.0667. The van der Waals surface area contributed by atoms with Crippen molar-refractivity contribution in [2.24, 2.45) is 0 Å². The molecule has 0 radical (unpaired) electrons. The van der Waals surface area contributed by atoms with Gasteiger partial charge in [0.2, 0.25) is 0 Å². The summed E-state index contributed by atoms with van der Waals surface area (Å²) < 4.78 is 25.2. The van der Waals surface area contributed by atoms with E-state index in [1.807, 2.05) is 0 Å². The second-order valence-electron chi connectivity index (χ2n) is 4.70. The number of hydrogen-bond acceptors (Lipinski definition) is 6. The van der Waals surface area contributed by atoms with Crippen LogP contribution in [0.2, 0.25) is 0 Å². The molecule has 24 heavy (non-hydrogen) atoms. The molecule has 0 fully saturated rings. The molecular weight excluding hydrogens is 336 g/mol. The first-order valence-electron chi connectivity index (χ1n) is 6.63. The highest BCUT2D eigenvalue weighted by atomic mass is 32.2. The molecule has 0 aromatic heterocycles. The van der Waals surface area contributed by atoms with Gasteiger partial charge in [0, 0.05) is 18.7 Å². The van der Waals surface area contributed by atoms with Gasteiger partial charge in [-0.1, -0.05) is 42.5 Å². The molecule has 0 N–H and O–H groups in total. The SMILES string of the molecule is CN(C(=O)C(=O)c1ccccc1)S(=O)(=O)c1ccccc1[N+](=O)[O-]. The Morgan fingerprint density at radius 3 is 2.12 bits per heavy atom. The minimum atomic E-state index is -4.55. The Morgan fingerprint density at radius 1 is 1.00 bits per heavy atom. The van der Waals surface area contributed by atoms with Crippen LogP contribution >= 0.6 is 0 Å². The molecule has 0 heterocycles. The Labute approximate surface area is 137 Å². The molecule has 0 unspecified atom stereocenters. The van der Waals surface area contributed by atoms with E-state index in [2.05, 4.69) is 0 Å². The van der Waals surface area contributed by atoms with Crippen LogP contribution in [0, 0.1) is 10.1 Å². The number of nitro groups is 1. The number of likely N-dealkylation sites (N-methyl/N-ethyl adjacent to an activating group) is 1. The average Bonchev–Trinajstić information content (AvgIpc) is 2.60. The van der Waals surface area contributed by atoms with Crippen molar-refractivity contribution in [3.8, 4) is 0 Å². The van der Waals surface area contributed by atoms with Crippen LogP contribution in [0.1, 0.15) is 10.4 Å². The second-order valence-corrected chi connectivity index (χ2v) is 6.64. The van der Waals surface area contributed by atoms with Crippen LogP contribution in [0.15, 0.2) is 59.5 Å². The van der Waals surface area contributed by atoms with Crippen molar-refractivity contribution in [3.05, 3.63) is 70.3 Å². The lowest BCUT2D eigenvalue weighted by Crippen LogP contribution is -2.38. The van der Waals surface area contributed by atoms with Crippen LogP contribution in [-0.2, 0) is 14.8 Å². The summed E-state index contributed by atoms with van der Waals surface area (Å²) in [4.78, 5) is 33.7. The number of sulfonamides is 1. The maximum absolute atomic E-state index is 12.5. The molecule has 0 bridgehead atoms. The third kappa shape index (κ3) is 3.15. The molecule has 8 nitrogen and oxygen atoms in total. The van der Waals surface area contributed by atoms with Crippen molar-refractivity contribution in [2.75, 3.05) is 7.05 Å². The van der Waals surface area contributed by atoms with E-state index in [-0.39, 0.29) is 9.87 Å². The number of carbonyl (C=O) groups excluding carboxylic acids is 2. The maximum atomic E-state index is 12.5. The van der Waals surface area contributed by atoms with E-state index in [0.29, 0.717) is 0 Å². The van der Waals surface area contributed by atoms with Gasteiger partial charge in [0.05, 0.1) is 4.92 Å². The topological polar surface area (TPSA) is 115 Å². The minimum Gasteiger partial charge on any atom is -0.283 e. The molecule has 0 saturated carbocycles. The van der Waals surface area contributed by atoms with Gasteiger partial charge in [0.25, 0.3) is 21.5 Å². The van der Waals surface area contributed by atoms with Gasteiger partial charge in [0.1, 0.15) is 0 Å². The van der Waals surface area contributed by atoms with Crippen molar-refractivity contribution in [2.45, 2.75) is 4.90 Å². The van der Waals surface area contributed by atoms with Gasteiger partial charge in [-0.3, -0.25) is 19.7 Å². The summed E-state index contributed by atoms with van der Waals surface area (Å²) in [5.41, 5.74) is -0.656. The van der Waals surface area contributed by atoms with E-state index < -0.39 is 37.2 Å². The Kier molecular flexibility index (Phi) is 4.74. The first-order valence-corrected chi connectivity index (χ1v) is 8.07. The number of rotatable bonds is 5. The molecule has 124 valence electrons. The molecular formula is C15H12N2O6S. The van der Waals surface area contributed by atoms with E-state index in [1.54, 1.807) is 6.07 Å². The first kappa shape index (κ1) is 17.3. The Bertz CT molecular complexity index is 909. The first-order chi connectivity index (χ1) is 11.3. The molecule has 0 atom stereocenters. The number of carbonyl (C=O) groups is 2. The van der Waals surface area contributed by atoms with E-state index in [9.17, 15) is 28.1 Å². The van der Waals surface area contributed by atoms with Gasteiger partial charge >= 0.3 is 5.91 Å². The highest BCUT2D eigenvalue weighted by molar-refractivity contribution is 7.89. The lowest BCUT2D eigenvalue weighted by Gasteiger charge is -2.16. The number of para-hydroxylation sites is 1. The van der Waals surface area contributed by atoms with Gasteiger partial charge in [-0.25, -0.2) is 12.7 Å². The van der Waals surface area contributed by atoms with Crippen LogP contribution in [0.4, 0.5) is 5.69 Å². The van der Waals surface area contributed by atoms with Gasteiger partial charge in [-0.05, 0) is 6.07 Å². The molecule has 0 saturated heterocycles. The lowest BCUT2D eigenvalue weighted by atomic mass is 10.1. The van der Waals surface area contributed by atoms with E-state index >= 15 is 0 Å². The van der Waals surface area contributed by atoms with Gasteiger partial charge in [-0.15, -0.1) is 0 Å². The van der Waals surface area contributed by atoms with Gasteiger partial charge in [-0.2, -0.15) is 0 Å². The number of nitrogens with zero attached hydrogens (tertiary/aromatic N) is 2. The summed E-state index contributed by atoms with van der Waals surface area (Å²) in [6.45, 7) is 0. The molecule has 1 amide bonds. The lowest BCUT2D eigenvalue weighted by molar-refractivity contribution is -0.387. The van der Waals surface area contributed by atoms with Gasteiger partial charge in [0.15, 0.2) is 4.90 Å². The molecule has 0 spiro atoms. The number of Topliss-reactive ketones (excluding diaryl/α,β-unsaturated/α-hetero) is 1. The van der Waals surface area contributed by atoms with Crippen LogP contribution in [0.25, 0.3) is 0 Å². The van der Waals surface area contributed by atoms with Crippen molar-refractivity contribution in [3.63, 3.8) is 0 Å². The number of hydrogen-bond donors (Lipinski definition) is 0. The number of benzene rings is 2. The van der Waals surface area contributed by atoms with Crippen LogP contribution in [0.3, 0.4) is 0 Å². The Balaban J connectivity index is 2.42. The standard InChI is InChI=1S/C15H12N2O6S/c1-16(15(19)14(18)11-7-3-2-4-8-11)24(22,23)13-10-6-5-9-12(13)17(20)21/h2-10H,1H3. The maximum Gasteiger partial charge on any atom is 0.308 e. The van der Waals surface area contributed by atoms with E-state index in [0.717, 1.165) is 19.2 Å². The smallest absolute Gasteiger partial charge is 0.283 e. The molecule has 9 heteroatoms. The monoisotopic (exact) mass is 348 g/mol. The second kappa shape index (κ2) is 6.59. The Hall–Kier alpha value is -3.07. The molecule has 2 aromatic rings. The van der Waals surface area contributed by atoms with Gasteiger partial charge < -0.3 is 0 Å². The summed E-state index contributed by atoms with van der Waals surface area (Å²) in [5, 5.41) is 11.0. The highest BCUT2D eigenvalue weighted by Crippen LogP contribution is 2.25. The number of nitro benzene ring substituents is 1. The zero-order chi connectivity index (χ0) is 17.9. The van der Waals surface area contributed by atoms with Crippen LogP contribution in [-0.4, -0.2) is 36.4 Å². The summed E-state index contributed by atoms with van der Waals surface area (Å²) in [5.74, 6) is -2.33. The van der Waals surface area contributed by atoms with Crippen molar-refractivity contribution in [1.29, 1.82) is 0 Å². The number of amides is 1. The van der Waals surface area contributed by atoms with E-state index in [4.69, 9.17) is 0 Å². The summed E-state index contributed by atoms with van der Waals surface area (Å²) in [6, 6.07) is 12.0. The third-order valence-electron chi connectivity index (χ3n) is 3.22. The fourth-order valence-electron chi connectivity index (χ4n) is 1.94. The van der Waals surface area contributed by atoms with Crippen molar-refractivity contribution >= 4 is 27.4 Å². The largest absolute Gasteiger partial charge is 0.308 e. The molecule has 0 aliphatic rings. The normalized spacial score (nSPS) is 10.9. The average molecular weight is 348 g/mol. The van der Waals surface area contributed by atoms with Crippen molar-refractivity contribution < 1.29 is 22.9 Å². The third-order valence-corrected chi connectivity index (χ3v) is 5.00. The zero-order valence-corrected chi connectivity index (χ0v) is 13.3. The fourth-order valence-corrected chi connectivity index (χ4v) is 3.19. The van der Waals surface area contributed by atoms with Crippen molar-refractivity contribution in [1.82, 2.24) is 4.31 Å². The van der Waals surface area contributed by atoms with E-state index in [1.165, 1.54) is 36.4 Å². The summed E-state index contributed by atoms with van der Waals surface area (Å²) >= 11 is 0. The Morgan fingerprint density at radius 2 is 1.54 bits per heavy atom. The zero-order valence-electron chi connectivity index (χ0n) is 12.4. The number of ketones is 1. The van der Waals surface area contributed by atoms with Crippen LogP contribution in [0.5, 0.6) is 0 Å². The predicted molar refractivity (Wildman–Crippen MR) is 83.8 cm³/mol. The quantitative estimate of drug-likeness (QED) is 0.351. The molecule has 2 rings (SSSR count). The van der Waals surface area contributed by atoms with Crippen LogP contribution < -0.4 is 0 Å². The molecule has 2 aromatic carbocycles. The summed E-state index contributed by atoms with van der Waals surface area (Å²) in [6.07, 6.45) is 0. The molecule has 0 aliphatic heterocycles. The predicted octanol–water partition coefficient (Wildman–Crippen LogP) is 1.62. The minimum absolute atomic E-state index is 0.0205. The highest BCUT2D eigenvalue weighted by Gasteiger charge is 2.34. The molecule has 0 aliphatic carbocycles.